The van der Waals surface area contributed by atoms with Gasteiger partial charge in [0.15, 0.2) is 0 Å². The highest BCUT2D eigenvalue weighted by Gasteiger charge is 1.96. The van der Waals surface area contributed by atoms with Crippen LogP contribution in [0.2, 0.25) is 0 Å². The molecule has 0 unspecified atom stereocenters. The number of aliphatic hydroxyl groups excluding tert-OH is 1. The monoisotopic (exact) mass is 214 g/mol. The smallest absolute Gasteiger partial charge is 0.0712 e. The number of methoxy groups -OCH3 is 1. The lowest BCUT2D eigenvalue weighted by molar-refractivity contribution is 0.0961. The molecule has 0 amide bonds. The van der Waals surface area contributed by atoms with Crippen LogP contribution in [0.1, 0.15) is 12.0 Å². The van der Waals surface area contributed by atoms with Gasteiger partial charge in [0.25, 0.3) is 0 Å². The van der Waals surface area contributed by atoms with Crippen LogP contribution in [0.15, 0.2) is 12.4 Å². The highest BCUT2D eigenvalue weighted by atomic mass is 16.5. The van der Waals surface area contributed by atoms with Crippen LogP contribution in [0.25, 0.3) is 0 Å². The maximum Gasteiger partial charge on any atom is 0.0712 e. The molecular formula is C10H18N2O3. The SMILES string of the molecule is COCCCOCCn1cc(CO)cn1. The molecule has 0 spiro atoms. The normalized spacial score (nSPS) is 10.8. The summed E-state index contributed by atoms with van der Waals surface area (Å²) < 4.78 is 12.0. The summed E-state index contributed by atoms with van der Waals surface area (Å²) in [7, 11) is 1.68. The third kappa shape index (κ3) is 4.92. The number of nitrogens with zero attached hydrogens (tertiary/aromatic N) is 2. The minimum absolute atomic E-state index is 0.0364. The first-order chi connectivity index (χ1) is 7.36. The van der Waals surface area contributed by atoms with Crippen molar-refractivity contribution in [1.29, 1.82) is 0 Å². The molecule has 0 fully saturated rings. The molecular weight excluding hydrogens is 196 g/mol. The van der Waals surface area contributed by atoms with Gasteiger partial charge in [-0.3, -0.25) is 4.68 Å². The molecule has 0 aromatic carbocycles. The van der Waals surface area contributed by atoms with Crippen molar-refractivity contribution in [3.05, 3.63) is 18.0 Å². The molecule has 1 aromatic heterocycles. The lowest BCUT2D eigenvalue weighted by atomic mass is 10.4. The van der Waals surface area contributed by atoms with Crippen molar-refractivity contribution in [2.24, 2.45) is 0 Å². The maximum absolute atomic E-state index is 8.82. The summed E-state index contributed by atoms with van der Waals surface area (Å²) in [5.41, 5.74) is 0.828. The molecule has 0 atom stereocenters. The zero-order valence-electron chi connectivity index (χ0n) is 9.06. The standard InChI is InChI=1S/C10H18N2O3/c1-14-4-2-5-15-6-3-12-8-10(9-13)7-11-12/h7-8,13H,2-6,9H2,1H3. The average Bonchev–Trinajstić information content (AvgIpc) is 2.71. The molecule has 0 bridgehead atoms. The molecule has 86 valence electrons. The first-order valence-electron chi connectivity index (χ1n) is 5.05. The van der Waals surface area contributed by atoms with Crippen LogP contribution in [0.5, 0.6) is 0 Å². The van der Waals surface area contributed by atoms with E-state index in [1.54, 1.807) is 18.0 Å². The van der Waals surface area contributed by atoms with Crippen molar-refractivity contribution in [3.8, 4) is 0 Å². The molecule has 0 radical (unpaired) electrons. The first kappa shape index (κ1) is 12.2. The number of aliphatic hydroxyl groups is 1. The van der Waals surface area contributed by atoms with Crippen LogP contribution in [0.3, 0.4) is 0 Å². The summed E-state index contributed by atoms with van der Waals surface area (Å²) in [6.07, 6.45) is 4.39. The van der Waals surface area contributed by atoms with Crippen LogP contribution in [-0.2, 0) is 22.6 Å². The van der Waals surface area contributed by atoms with Crippen LogP contribution in [-0.4, -0.2) is 41.8 Å². The van der Waals surface area contributed by atoms with Gasteiger partial charge >= 0.3 is 0 Å². The maximum atomic E-state index is 8.82. The van der Waals surface area contributed by atoms with Gasteiger partial charge in [0.1, 0.15) is 0 Å². The largest absolute Gasteiger partial charge is 0.392 e. The fraction of sp³-hybridized carbons (Fsp3) is 0.700. The predicted octanol–water partition coefficient (Wildman–Crippen LogP) is 0.428. The van der Waals surface area contributed by atoms with Gasteiger partial charge in [-0.15, -0.1) is 0 Å². The molecule has 15 heavy (non-hydrogen) atoms. The van der Waals surface area contributed by atoms with E-state index in [4.69, 9.17) is 14.6 Å². The molecule has 0 aliphatic carbocycles. The summed E-state index contributed by atoms with van der Waals surface area (Å²) in [6, 6.07) is 0. The van der Waals surface area contributed by atoms with E-state index in [2.05, 4.69) is 5.10 Å². The van der Waals surface area contributed by atoms with Crippen LogP contribution >= 0.6 is 0 Å². The van der Waals surface area contributed by atoms with E-state index in [9.17, 15) is 0 Å². The molecule has 5 heteroatoms. The Morgan fingerprint density at radius 1 is 1.40 bits per heavy atom. The summed E-state index contributed by atoms with van der Waals surface area (Å²) in [5, 5.41) is 12.9. The minimum atomic E-state index is 0.0364. The Morgan fingerprint density at radius 3 is 2.93 bits per heavy atom. The number of hydrogen-bond acceptors (Lipinski definition) is 4. The van der Waals surface area contributed by atoms with Crippen LogP contribution in [0, 0.1) is 0 Å². The number of hydrogen-bond donors (Lipinski definition) is 1. The van der Waals surface area contributed by atoms with E-state index in [0.717, 1.165) is 18.6 Å². The van der Waals surface area contributed by atoms with E-state index < -0.39 is 0 Å². The third-order valence-electron chi connectivity index (χ3n) is 1.97. The molecule has 1 rings (SSSR count). The quantitative estimate of drug-likeness (QED) is 0.637. The van der Waals surface area contributed by atoms with Crippen molar-refractivity contribution in [3.63, 3.8) is 0 Å². The number of aromatic nitrogens is 2. The molecule has 5 nitrogen and oxygen atoms in total. The van der Waals surface area contributed by atoms with Gasteiger partial charge in [-0.2, -0.15) is 5.10 Å². The van der Waals surface area contributed by atoms with E-state index in [0.29, 0.717) is 19.8 Å². The van der Waals surface area contributed by atoms with E-state index in [1.807, 2.05) is 6.20 Å². The second kappa shape index (κ2) is 7.39. The molecule has 0 saturated heterocycles. The molecule has 0 aliphatic rings. The first-order valence-corrected chi connectivity index (χ1v) is 5.05. The second-order valence-corrected chi connectivity index (χ2v) is 3.23. The predicted molar refractivity (Wildman–Crippen MR) is 55.5 cm³/mol. The zero-order valence-corrected chi connectivity index (χ0v) is 9.06. The fourth-order valence-corrected chi connectivity index (χ4v) is 1.18. The minimum Gasteiger partial charge on any atom is -0.392 e. The summed E-state index contributed by atoms with van der Waals surface area (Å²) in [5.74, 6) is 0. The topological polar surface area (TPSA) is 56.5 Å². The Balaban J connectivity index is 2.04. The highest BCUT2D eigenvalue weighted by molar-refractivity contribution is 5.01. The molecule has 1 aromatic rings. The van der Waals surface area contributed by atoms with E-state index in [-0.39, 0.29) is 6.61 Å². The molecule has 1 heterocycles. The average molecular weight is 214 g/mol. The lowest BCUT2D eigenvalue weighted by Crippen LogP contribution is -2.08. The Kier molecular flexibility index (Phi) is 5.99. The zero-order chi connectivity index (χ0) is 10.9. The Hall–Kier alpha value is -0.910. The van der Waals surface area contributed by atoms with Crippen molar-refractivity contribution in [1.82, 2.24) is 9.78 Å². The van der Waals surface area contributed by atoms with Crippen molar-refractivity contribution in [2.45, 2.75) is 19.6 Å². The van der Waals surface area contributed by atoms with Gasteiger partial charge in [-0.25, -0.2) is 0 Å². The van der Waals surface area contributed by atoms with Crippen molar-refractivity contribution >= 4 is 0 Å². The van der Waals surface area contributed by atoms with Gasteiger partial charge in [0.05, 0.1) is 26.0 Å². The fourth-order valence-electron chi connectivity index (χ4n) is 1.18. The number of rotatable bonds is 8. The van der Waals surface area contributed by atoms with E-state index >= 15 is 0 Å². The molecule has 1 N–H and O–H groups in total. The summed E-state index contributed by atoms with van der Waals surface area (Å²) in [6.45, 7) is 2.83. The van der Waals surface area contributed by atoms with Gasteiger partial charge in [0.2, 0.25) is 0 Å². The lowest BCUT2D eigenvalue weighted by Gasteiger charge is -2.03. The van der Waals surface area contributed by atoms with Gasteiger partial charge in [-0.1, -0.05) is 0 Å². The number of ether oxygens (including phenoxy) is 2. The Labute approximate surface area is 89.6 Å². The molecule has 0 saturated carbocycles. The van der Waals surface area contributed by atoms with Crippen molar-refractivity contribution in [2.75, 3.05) is 26.9 Å². The highest BCUT2D eigenvalue weighted by Crippen LogP contribution is 1.96. The van der Waals surface area contributed by atoms with Gasteiger partial charge in [0, 0.05) is 32.1 Å². The van der Waals surface area contributed by atoms with Gasteiger partial charge in [-0.05, 0) is 6.42 Å². The van der Waals surface area contributed by atoms with Crippen LogP contribution in [0.4, 0.5) is 0 Å². The van der Waals surface area contributed by atoms with E-state index in [1.165, 1.54) is 0 Å². The third-order valence-corrected chi connectivity index (χ3v) is 1.97. The van der Waals surface area contributed by atoms with Gasteiger partial charge < -0.3 is 14.6 Å². The second-order valence-electron chi connectivity index (χ2n) is 3.23. The van der Waals surface area contributed by atoms with Crippen molar-refractivity contribution < 1.29 is 14.6 Å². The summed E-state index contributed by atoms with van der Waals surface area (Å²) >= 11 is 0. The Morgan fingerprint density at radius 2 is 2.27 bits per heavy atom. The summed E-state index contributed by atoms with van der Waals surface area (Å²) in [4.78, 5) is 0. The molecule has 0 aliphatic heterocycles. The Bertz CT molecular complexity index is 263. The van der Waals surface area contributed by atoms with Crippen LogP contribution < -0.4 is 0 Å².